The van der Waals surface area contributed by atoms with Crippen molar-refractivity contribution in [2.24, 2.45) is 5.11 Å². The van der Waals surface area contributed by atoms with Gasteiger partial charge in [-0.05, 0) is 31.1 Å². The highest BCUT2D eigenvalue weighted by Gasteiger charge is 2.03. The molecule has 0 amide bonds. The summed E-state index contributed by atoms with van der Waals surface area (Å²) in [6.45, 7) is 7.09. The monoisotopic (exact) mass is 219 g/mol. The fourth-order valence-corrected chi connectivity index (χ4v) is 1.50. The number of aromatic nitrogens is 1. The molecule has 1 aromatic heterocycles. The average molecular weight is 219 g/mol. The molecule has 86 valence electrons. The topological polar surface area (TPSA) is 64.9 Å². The Labute approximate surface area is 95.7 Å². The maximum atomic E-state index is 8.21. The summed E-state index contributed by atoms with van der Waals surface area (Å²) in [6.07, 6.45) is 0. The van der Waals surface area contributed by atoms with Crippen LogP contribution in [0.25, 0.3) is 10.4 Å². The molecule has 16 heavy (non-hydrogen) atoms. The quantitative estimate of drug-likeness (QED) is 0.419. The smallest absolute Gasteiger partial charge is 0.0547 e. The Balaban J connectivity index is 2.52. The van der Waals surface area contributed by atoms with E-state index in [1.165, 1.54) is 0 Å². The largest absolute Gasteiger partial charge is 0.298 e. The van der Waals surface area contributed by atoms with Crippen LogP contribution in [0, 0.1) is 6.92 Å². The molecule has 0 aliphatic carbocycles. The third kappa shape index (κ3) is 4.29. The van der Waals surface area contributed by atoms with Gasteiger partial charge in [0, 0.05) is 30.2 Å². The molecule has 5 nitrogen and oxygen atoms in total. The Morgan fingerprint density at radius 1 is 1.50 bits per heavy atom. The first-order valence-corrected chi connectivity index (χ1v) is 5.42. The molecule has 0 N–H and O–H groups in total. The van der Waals surface area contributed by atoms with Gasteiger partial charge in [0.25, 0.3) is 0 Å². The number of nitrogens with zero attached hydrogens (tertiary/aromatic N) is 5. The summed E-state index contributed by atoms with van der Waals surface area (Å²) >= 11 is 0. The van der Waals surface area contributed by atoms with Crippen LogP contribution in [0.15, 0.2) is 23.3 Å². The van der Waals surface area contributed by atoms with Gasteiger partial charge in [0.15, 0.2) is 0 Å². The van der Waals surface area contributed by atoms with E-state index < -0.39 is 0 Å². The summed E-state index contributed by atoms with van der Waals surface area (Å²) in [4.78, 5) is 9.39. The van der Waals surface area contributed by atoms with Crippen LogP contribution in [0.3, 0.4) is 0 Å². The Bertz CT molecular complexity index is 370. The summed E-state index contributed by atoms with van der Waals surface area (Å²) in [5.74, 6) is 0. The zero-order chi connectivity index (χ0) is 11.8. The maximum Gasteiger partial charge on any atom is 0.0547 e. The molecule has 0 saturated heterocycles. The van der Waals surface area contributed by atoms with Crippen LogP contribution in [-0.2, 0) is 6.54 Å². The normalized spacial score (nSPS) is 10.2. The molecule has 0 bridgehead atoms. The van der Waals surface area contributed by atoms with Crippen LogP contribution in [0.1, 0.15) is 18.3 Å². The molecule has 0 spiro atoms. The van der Waals surface area contributed by atoms with Crippen molar-refractivity contribution in [1.82, 2.24) is 9.88 Å². The summed E-state index contributed by atoms with van der Waals surface area (Å²) < 4.78 is 0. The second-order valence-electron chi connectivity index (χ2n) is 3.59. The SMILES string of the molecule is CCN(CCN=[N+]=[N-])Cc1cccc(C)n1. The summed E-state index contributed by atoms with van der Waals surface area (Å²) in [6, 6.07) is 6.02. The minimum Gasteiger partial charge on any atom is -0.298 e. The zero-order valence-corrected chi connectivity index (χ0v) is 9.80. The Kier molecular flexibility index (Phi) is 5.32. The Morgan fingerprint density at radius 2 is 2.31 bits per heavy atom. The van der Waals surface area contributed by atoms with Crippen LogP contribution in [0.2, 0.25) is 0 Å². The van der Waals surface area contributed by atoms with E-state index in [-0.39, 0.29) is 0 Å². The van der Waals surface area contributed by atoms with E-state index in [1.807, 2.05) is 25.1 Å². The lowest BCUT2D eigenvalue weighted by molar-refractivity contribution is 0.284. The molecule has 1 rings (SSSR count). The third-order valence-corrected chi connectivity index (χ3v) is 2.36. The van der Waals surface area contributed by atoms with E-state index >= 15 is 0 Å². The average Bonchev–Trinajstić information content (AvgIpc) is 2.28. The molecule has 0 atom stereocenters. The van der Waals surface area contributed by atoms with Gasteiger partial charge < -0.3 is 0 Å². The predicted octanol–water partition coefficient (Wildman–Crippen LogP) is 2.52. The molecule has 0 fully saturated rings. The zero-order valence-electron chi connectivity index (χ0n) is 9.80. The number of aryl methyl sites for hydroxylation is 1. The third-order valence-electron chi connectivity index (χ3n) is 2.36. The van der Waals surface area contributed by atoms with Crippen molar-refractivity contribution < 1.29 is 0 Å². The fraction of sp³-hybridized carbons (Fsp3) is 0.545. The van der Waals surface area contributed by atoms with Crippen molar-refractivity contribution in [3.05, 3.63) is 40.0 Å². The van der Waals surface area contributed by atoms with Gasteiger partial charge in [0.1, 0.15) is 0 Å². The molecule has 0 unspecified atom stereocenters. The number of hydrogen-bond donors (Lipinski definition) is 0. The summed E-state index contributed by atoms with van der Waals surface area (Å²) in [5.41, 5.74) is 10.3. The van der Waals surface area contributed by atoms with Crippen molar-refractivity contribution in [3.63, 3.8) is 0 Å². The number of pyridine rings is 1. The molecule has 0 aliphatic heterocycles. The van der Waals surface area contributed by atoms with Crippen LogP contribution in [-0.4, -0.2) is 29.5 Å². The number of azide groups is 1. The van der Waals surface area contributed by atoms with Gasteiger partial charge in [-0.25, -0.2) is 0 Å². The number of rotatable bonds is 6. The molecule has 1 aromatic rings. The molecule has 0 radical (unpaired) electrons. The highest BCUT2D eigenvalue weighted by atomic mass is 15.2. The molecule has 1 heterocycles. The summed E-state index contributed by atoms with van der Waals surface area (Å²) in [7, 11) is 0. The van der Waals surface area contributed by atoms with Crippen LogP contribution < -0.4 is 0 Å². The van der Waals surface area contributed by atoms with Gasteiger partial charge in [-0.3, -0.25) is 9.88 Å². The lowest BCUT2D eigenvalue weighted by Crippen LogP contribution is -2.26. The minimum atomic E-state index is 0.510. The van der Waals surface area contributed by atoms with Crippen LogP contribution >= 0.6 is 0 Å². The number of likely N-dealkylation sites (N-methyl/N-ethyl adjacent to an activating group) is 1. The highest BCUT2D eigenvalue weighted by Crippen LogP contribution is 2.02. The van der Waals surface area contributed by atoms with Gasteiger partial charge in [0.2, 0.25) is 0 Å². The van der Waals surface area contributed by atoms with Gasteiger partial charge in [-0.15, -0.1) is 0 Å². The molecule has 0 aromatic carbocycles. The predicted molar refractivity (Wildman–Crippen MR) is 63.9 cm³/mol. The van der Waals surface area contributed by atoms with Crippen molar-refractivity contribution >= 4 is 0 Å². The van der Waals surface area contributed by atoms with Crippen molar-refractivity contribution in [2.75, 3.05) is 19.6 Å². The second kappa shape index (κ2) is 6.82. The summed E-state index contributed by atoms with van der Waals surface area (Å²) in [5, 5.41) is 3.54. The van der Waals surface area contributed by atoms with Gasteiger partial charge >= 0.3 is 0 Å². The van der Waals surface area contributed by atoms with E-state index in [4.69, 9.17) is 5.53 Å². The lowest BCUT2D eigenvalue weighted by atomic mass is 10.3. The van der Waals surface area contributed by atoms with Gasteiger partial charge in [0.05, 0.1) is 5.69 Å². The lowest BCUT2D eigenvalue weighted by Gasteiger charge is -2.18. The molecule has 0 saturated carbocycles. The first kappa shape index (κ1) is 12.5. The van der Waals surface area contributed by atoms with E-state index in [0.717, 1.165) is 31.0 Å². The van der Waals surface area contributed by atoms with Crippen LogP contribution in [0.5, 0.6) is 0 Å². The maximum absolute atomic E-state index is 8.21. The second-order valence-corrected chi connectivity index (χ2v) is 3.59. The minimum absolute atomic E-state index is 0.510. The first-order valence-electron chi connectivity index (χ1n) is 5.42. The highest BCUT2D eigenvalue weighted by molar-refractivity contribution is 5.09. The van der Waals surface area contributed by atoms with Gasteiger partial charge in [-0.1, -0.05) is 18.1 Å². The Morgan fingerprint density at radius 3 is 2.94 bits per heavy atom. The standard InChI is InChI=1S/C11H17N5/c1-3-16(8-7-13-15-12)9-11-6-4-5-10(2)14-11/h4-6H,3,7-9H2,1-2H3. The molecule has 0 aliphatic rings. The Hall–Kier alpha value is -1.58. The van der Waals surface area contributed by atoms with Crippen molar-refractivity contribution in [3.8, 4) is 0 Å². The molecular weight excluding hydrogens is 202 g/mol. The van der Waals surface area contributed by atoms with E-state index in [1.54, 1.807) is 0 Å². The molecule has 5 heteroatoms. The van der Waals surface area contributed by atoms with Crippen LogP contribution in [0.4, 0.5) is 0 Å². The van der Waals surface area contributed by atoms with Crippen molar-refractivity contribution in [2.45, 2.75) is 20.4 Å². The van der Waals surface area contributed by atoms with Gasteiger partial charge in [-0.2, -0.15) is 0 Å². The van der Waals surface area contributed by atoms with E-state index in [2.05, 4.69) is 26.8 Å². The number of hydrogen-bond acceptors (Lipinski definition) is 3. The first-order chi connectivity index (χ1) is 7.76. The molecular formula is C11H17N5. The fourth-order valence-electron chi connectivity index (χ4n) is 1.50. The van der Waals surface area contributed by atoms with E-state index in [9.17, 15) is 0 Å². The van der Waals surface area contributed by atoms with Crippen molar-refractivity contribution in [1.29, 1.82) is 0 Å². The van der Waals surface area contributed by atoms with E-state index in [0.29, 0.717) is 6.54 Å².